The summed E-state index contributed by atoms with van der Waals surface area (Å²) in [4.78, 5) is 14.1. The number of nitrogens with zero attached hydrogens (tertiary/aromatic N) is 5. The number of hydrogen-bond donors (Lipinski definition) is 3. The number of nitrogens with two attached hydrogens (primary N) is 1. The molecule has 0 saturated heterocycles. The minimum absolute atomic E-state index is 0. The van der Waals surface area contributed by atoms with Crippen LogP contribution < -0.4 is 5.73 Å². The van der Waals surface area contributed by atoms with Crippen molar-refractivity contribution in [1.29, 1.82) is 0 Å². The van der Waals surface area contributed by atoms with Crippen LogP contribution in [0, 0.1) is 0 Å². The Kier molecular flexibility index (Phi) is 9.94. The molecule has 1 atom stereocenters. The number of likely N-dealkylation sites (N-methyl/N-ethyl adjacent to an activating group) is 1. The van der Waals surface area contributed by atoms with E-state index < -0.39 is 13.2 Å². The average molecular weight is 397 g/mol. The van der Waals surface area contributed by atoms with Crippen molar-refractivity contribution in [3.63, 3.8) is 0 Å². The first-order valence-electron chi connectivity index (χ1n) is 8.63. The maximum atomic E-state index is 12.4. The van der Waals surface area contributed by atoms with E-state index in [4.69, 9.17) is 15.8 Å². The van der Waals surface area contributed by atoms with Gasteiger partial charge in [0.15, 0.2) is 5.82 Å². The van der Waals surface area contributed by atoms with Crippen LogP contribution in [0.3, 0.4) is 0 Å². The van der Waals surface area contributed by atoms with Gasteiger partial charge in [-0.2, -0.15) is 0 Å². The molecule has 1 heterocycles. The first kappa shape index (κ1) is 23.0. The minimum Gasteiger partial charge on any atom is -0.427 e. The van der Waals surface area contributed by atoms with Crippen LogP contribution in [0.4, 0.5) is 0 Å². The molecular formula is C16H26BClN6O3. The molecule has 4 N–H and O–H groups in total. The highest BCUT2D eigenvalue weighted by Gasteiger charge is 2.19. The molecule has 0 radical (unpaired) electrons. The summed E-state index contributed by atoms with van der Waals surface area (Å²) in [5.74, 6) is 0.342. The minimum atomic E-state index is -1.30. The van der Waals surface area contributed by atoms with Crippen molar-refractivity contribution in [2.24, 2.45) is 5.73 Å². The molecule has 1 aromatic heterocycles. The van der Waals surface area contributed by atoms with Crippen molar-refractivity contribution in [2.75, 3.05) is 7.05 Å². The first-order valence-corrected chi connectivity index (χ1v) is 8.63. The third kappa shape index (κ3) is 7.63. The number of tetrazole rings is 1. The van der Waals surface area contributed by atoms with E-state index in [1.165, 1.54) is 4.68 Å². The zero-order valence-electron chi connectivity index (χ0n) is 15.3. The average Bonchev–Trinajstić information content (AvgIpc) is 3.07. The topological polar surface area (TPSA) is 130 Å². The summed E-state index contributed by atoms with van der Waals surface area (Å²) in [5, 5.41) is 29.1. The van der Waals surface area contributed by atoms with E-state index in [0.717, 1.165) is 5.56 Å². The lowest BCUT2D eigenvalue weighted by Gasteiger charge is -2.18. The predicted octanol–water partition coefficient (Wildman–Crippen LogP) is 0.396. The summed E-state index contributed by atoms with van der Waals surface area (Å²) in [6.45, 7) is 0.529. The second-order valence-electron chi connectivity index (χ2n) is 6.30. The van der Waals surface area contributed by atoms with Gasteiger partial charge < -0.3 is 20.7 Å². The highest BCUT2D eigenvalue weighted by Crippen LogP contribution is 2.15. The fourth-order valence-corrected chi connectivity index (χ4v) is 2.60. The van der Waals surface area contributed by atoms with Crippen LogP contribution in [0.1, 0.15) is 36.7 Å². The molecule has 0 aliphatic carbocycles. The van der Waals surface area contributed by atoms with Gasteiger partial charge in [0.1, 0.15) is 6.54 Å². The molecule has 27 heavy (non-hydrogen) atoms. The van der Waals surface area contributed by atoms with Gasteiger partial charge in [-0.15, -0.1) is 17.5 Å². The van der Waals surface area contributed by atoms with E-state index in [1.807, 2.05) is 30.3 Å². The van der Waals surface area contributed by atoms with E-state index in [1.54, 1.807) is 11.9 Å². The standard InChI is InChI=1S/C16H25BN6O3.ClH/c1-22(11-13-7-3-2-4-8-13)15(24)12-23-16(19-20-21-23)14(18)9-5-6-10-17(25)26;/h2-4,7-8,14,25-26H,5-6,9-12,18H2,1H3;1H. The maximum absolute atomic E-state index is 12.4. The van der Waals surface area contributed by atoms with Gasteiger partial charge in [0.05, 0.1) is 6.04 Å². The Morgan fingerprint density at radius 1 is 1.30 bits per heavy atom. The molecule has 1 unspecified atom stereocenters. The Morgan fingerprint density at radius 3 is 2.67 bits per heavy atom. The molecule has 0 aliphatic heterocycles. The highest BCUT2D eigenvalue weighted by molar-refractivity contribution is 6.40. The molecule has 2 aromatic rings. The number of halogens is 1. The van der Waals surface area contributed by atoms with Crippen LogP contribution in [0.2, 0.25) is 6.32 Å². The highest BCUT2D eigenvalue weighted by atomic mass is 35.5. The molecule has 11 heteroatoms. The zero-order valence-corrected chi connectivity index (χ0v) is 16.1. The Hall–Kier alpha value is -2.01. The molecule has 0 fully saturated rings. The van der Waals surface area contributed by atoms with Gasteiger partial charge in [-0.05, 0) is 28.7 Å². The number of benzene rings is 1. The molecule has 9 nitrogen and oxygen atoms in total. The van der Waals surface area contributed by atoms with E-state index in [2.05, 4.69) is 15.5 Å². The molecule has 1 aromatic carbocycles. The number of unbranched alkanes of at least 4 members (excludes halogenated alkanes) is 1. The summed E-state index contributed by atoms with van der Waals surface area (Å²) in [7, 11) is 0.439. The van der Waals surface area contributed by atoms with Crippen LogP contribution in [0.15, 0.2) is 30.3 Å². The van der Waals surface area contributed by atoms with Gasteiger partial charge in [-0.3, -0.25) is 4.79 Å². The molecule has 148 valence electrons. The van der Waals surface area contributed by atoms with Gasteiger partial charge in [-0.1, -0.05) is 43.2 Å². The maximum Gasteiger partial charge on any atom is 0.451 e. The van der Waals surface area contributed by atoms with Crippen molar-refractivity contribution in [1.82, 2.24) is 25.1 Å². The van der Waals surface area contributed by atoms with E-state index in [0.29, 0.717) is 38.0 Å². The number of rotatable bonds is 10. The largest absolute Gasteiger partial charge is 0.451 e. The number of carbonyl (C=O) groups excluding carboxylic acids is 1. The molecule has 0 aliphatic rings. The van der Waals surface area contributed by atoms with Crippen LogP contribution >= 0.6 is 12.4 Å². The summed E-state index contributed by atoms with van der Waals surface area (Å²) in [6, 6.07) is 9.32. The van der Waals surface area contributed by atoms with E-state index in [-0.39, 0.29) is 24.9 Å². The van der Waals surface area contributed by atoms with Crippen LogP contribution in [-0.2, 0) is 17.9 Å². The quantitative estimate of drug-likeness (QED) is 0.391. The second kappa shape index (κ2) is 11.7. The number of hydrogen-bond acceptors (Lipinski definition) is 7. The lowest BCUT2D eigenvalue weighted by atomic mass is 9.83. The molecule has 0 saturated carbocycles. The summed E-state index contributed by atoms with van der Waals surface area (Å²) < 4.78 is 1.43. The summed E-state index contributed by atoms with van der Waals surface area (Å²) in [6.07, 6.45) is 2.26. The predicted molar refractivity (Wildman–Crippen MR) is 104 cm³/mol. The van der Waals surface area contributed by atoms with Gasteiger partial charge >= 0.3 is 7.12 Å². The molecular weight excluding hydrogens is 370 g/mol. The van der Waals surface area contributed by atoms with Crippen molar-refractivity contribution in [3.05, 3.63) is 41.7 Å². The van der Waals surface area contributed by atoms with Crippen molar-refractivity contribution < 1.29 is 14.8 Å². The number of carbonyl (C=O) groups is 1. The molecule has 0 bridgehead atoms. The number of amides is 1. The fourth-order valence-electron chi connectivity index (χ4n) is 2.60. The van der Waals surface area contributed by atoms with E-state index >= 15 is 0 Å². The molecule has 2 rings (SSSR count). The van der Waals surface area contributed by atoms with Crippen molar-refractivity contribution >= 4 is 25.4 Å². The normalized spacial score (nSPS) is 11.6. The zero-order chi connectivity index (χ0) is 18.9. The second-order valence-corrected chi connectivity index (χ2v) is 6.30. The Morgan fingerprint density at radius 2 is 2.00 bits per heavy atom. The van der Waals surface area contributed by atoms with E-state index in [9.17, 15) is 4.79 Å². The monoisotopic (exact) mass is 396 g/mol. The van der Waals surface area contributed by atoms with Gasteiger partial charge in [0.25, 0.3) is 0 Å². The van der Waals surface area contributed by atoms with Crippen LogP contribution in [0.25, 0.3) is 0 Å². The first-order chi connectivity index (χ1) is 12.5. The smallest absolute Gasteiger partial charge is 0.427 e. The lowest BCUT2D eigenvalue weighted by Crippen LogP contribution is -2.31. The van der Waals surface area contributed by atoms with Crippen LogP contribution in [-0.4, -0.2) is 55.2 Å². The van der Waals surface area contributed by atoms with Gasteiger partial charge in [0, 0.05) is 13.6 Å². The Bertz CT molecular complexity index is 688. The lowest BCUT2D eigenvalue weighted by molar-refractivity contribution is -0.131. The summed E-state index contributed by atoms with van der Waals surface area (Å²) >= 11 is 0. The van der Waals surface area contributed by atoms with Crippen molar-refractivity contribution in [3.8, 4) is 0 Å². The van der Waals surface area contributed by atoms with Crippen LogP contribution in [0.5, 0.6) is 0 Å². The molecule has 0 spiro atoms. The van der Waals surface area contributed by atoms with Gasteiger partial charge in [-0.25, -0.2) is 4.68 Å². The SMILES string of the molecule is CN(Cc1ccccc1)C(=O)Cn1nnnc1C(N)CCCCB(O)O.Cl. The van der Waals surface area contributed by atoms with Crippen molar-refractivity contribution in [2.45, 2.75) is 44.7 Å². The fraction of sp³-hybridized carbons (Fsp3) is 0.500. The van der Waals surface area contributed by atoms with Gasteiger partial charge in [0.2, 0.25) is 5.91 Å². The summed E-state index contributed by atoms with van der Waals surface area (Å²) in [5.41, 5.74) is 7.16. The molecule has 1 amide bonds. The Labute approximate surface area is 165 Å². The third-order valence-corrected chi connectivity index (χ3v) is 4.09. The Balaban J connectivity index is 0.00000364. The number of aromatic nitrogens is 4. The third-order valence-electron chi connectivity index (χ3n) is 4.09.